The summed E-state index contributed by atoms with van der Waals surface area (Å²) in [5, 5.41) is 3.21. The van der Waals surface area contributed by atoms with Gasteiger partial charge in [0.05, 0.1) is 0 Å². The van der Waals surface area contributed by atoms with Gasteiger partial charge >= 0.3 is 0 Å². The zero-order valence-corrected chi connectivity index (χ0v) is 13.7. The minimum atomic E-state index is 0.224. The summed E-state index contributed by atoms with van der Waals surface area (Å²) in [5.74, 6) is 1.94. The first-order valence-electron chi connectivity index (χ1n) is 8.06. The van der Waals surface area contributed by atoms with E-state index in [1.165, 1.54) is 12.8 Å². The molecule has 0 heterocycles. The van der Waals surface area contributed by atoms with Crippen LogP contribution in [-0.4, -0.2) is 44.0 Å². The SMILES string of the molecule is CC(C)C(CN(C)C)NC(=O)CC1CCC(CN)CC1. The van der Waals surface area contributed by atoms with Crippen molar-refractivity contribution in [3.63, 3.8) is 0 Å². The fourth-order valence-electron chi connectivity index (χ4n) is 3.02. The molecule has 0 radical (unpaired) electrons. The van der Waals surface area contributed by atoms with Gasteiger partial charge in [-0.15, -0.1) is 0 Å². The van der Waals surface area contributed by atoms with Crippen LogP contribution >= 0.6 is 0 Å². The molecule has 0 aliphatic heterocycles. The highest BCUT2D eigenvalue weighted by molar-refractivity contribution is 5.76. The van der Waals surface area contributed by atoms with E-state index >= 15 is 0 Å². The number of amides is 1. The molecule has 0 bridgehead atoms. The number of carbonyl (C=O) groups is 1. The van der Waals surface area contributed by atoms with Gasteiger partial charge in [-0.25, -0.2) is 0 Å². The number of hydrogen-bond donors (Lipinski definition) is 2. The molecule has 118 valence electrons. The molecular formula is C16H33N3O. The van der Waals surface area contributed by atoms with Crippen LogP contribution in [0.4, 0.5) is 0 Å². The molecule has 3 N–H and O–H groups in total. The maximum absolute atomic E-state index is 12.2. The van der Waals surface area contributed by atoms with Gasteiger partial charge in [0, 0.05) is 19.0 Å². The molecule has 1 aliphatic carbocycles. The number of rotatable bonds is 7. The quantitative estimate of drug-likeness (QED) is 0.749. The summed E-state index contributed by atoms with van der Waals surface area (Å²) in [7, 11) is 4.10. The van der Waals surface area contributed by atoms with Crippen molar-refractivity contribution in [1.29, 1.82) is 0 Å². The Morgan fingerprint density at radius 2 is 1.75 bits per heavy atom. The third-order valence-electron chi connectivity index (χ3n) is 4.49. The molecule has 1 atom stereocenters. The Kier molecular flexibility index (Phi) is 7.52. The topological polar surface area (TPSA) is 58.4 Å². The summed E-state index contributed by atoms with van der Waals surface area (Å²) in [6.45, 7) is 6.04. The molecule has 20 heavy (non-hydrogen) atoms. The summed E-state index contributed by atoms with van der Waals surface area (Å²) < 4.78 is 0. The maximum Gasteiger partial charge on any atom is 0.220 e. The van der Waals surface area contributed by atoms with Gasteiger partial charge in [0.1, 0.15) is 0 Å². The second kappa shape index (κ2) is 8.63. The molecule has 1 rings (SSSR count). The van der Waals surface area contributed by atoms with Crippen molar-refractivity contribution in [2.24, 2.45) is 23.5 Å². The van der Waals surface area contributed by atoms with Crippen LogP contribution in [0.3, 0.4) is 0 Å². The molecule has 1 fully saturated rings. The first kappa shape index (κ1) is 17.4. The second-order valence-corrected chi connectivity index (χ2v) is 7.01. The lowest BCUT2D eigenvalue weighted by Crippen LogP contribution is -2.45. The first-order chi connectivity index (χ1) is 9.42. The van der Waals surface area contributed by atoms with Gasteiger partial charge in [-0.1, -0.05) is 13.8 Å². The zero-order valence-electron chi connectivity index (χ0n) is 13.7. The number of nitrogens with one attached hydrogen (secondary N) is 1. The van der Waals surface area contributed by atoms with Crippen molar-refractivity contribution in [1.82, 2.24) is 10.2 Å². The van der Waals surface area contributed by atoms with Crippen LogP contribution in [0.25, 0.3) is 0 Å². The number of carbonyl (C=O) groups excluding carboxylic acids is 1. The first-order valence-corrected chi connectivity index (χ1v) is 8.06. The number of hydrogen-bond acceptors (Lipinski definition) is 3. The highest BCUT2D eigenvalue weighted by Crippen LogP contribution is 2.30. The highest BCUT2D eigenvalue weighted by Gasteiger charge is 2.24. The van der Waals surface area contributed by atoms with Crippen molar-refractivity contribution in [3.05, 3.63) is 0 Å². The molecule has 1 amide bonds. The van der Waals surface area contributed by atoms with E-state index in [4.69, 9.17) is 5.73 Å². The van der Waals surface area contributed by atoms with Gasteiger partial charge < -0.3 is 16.0 Å². The maximum atomic E-state index is 12.2. The van der Waals surface area contributed by atoms with E-state index in [-0.39, 0.29) is 11.9 Å². The number of likely N-dealkylation sites (N-methyl/N-ethyl adjacent to an activating group) is 1. The van der Waals surface area contributed by atoms with Gasteiger partial charge in [-0.3, -0.25) is 4.79 Å². The highest BCUT2D eigenvalue weighted by atomic mass is 16.1. The molecule has 0 aromatic rings. The normalized spacial score (nSPS) is 24.9. The molecule has 1 aliphatic rings. The molecule has 4 heteroatoms. The predicted octanol–water partition coefficient (Wildman–Crippen LogP) is 1.84. The van der Waals surface area contributed by atoms with Gasteiger partial charge in [0.15, 0.2) is 0 Å². The fraction of sp³-hybridized carbons (Fsp3) is 0.938. The largest absolute Gasteiger partial charge is 0.352 e. The second-order valence-electron chi connectivity index (χ2n) is 7.01. The Bertz CT molecular complexity index is 283. The molecular weight excluding hydrogens is 250 g/mol. The Balaban J connectivity index is 2.34. The summed E-state index contributed by atoms with van der Waals surface area (Å²) >= 11 is 0. The lowest BCUT2D eigenvalue weighted by Gasteiger charge is -2.29. The van der Waals surface area contributed by atoms with Gasteiger partial charge in [-0.2, -0.15) is 0 Å². The van der Waals surface area contributed by atoms with E-state index in [0.717, 1.165) is 25.9 Å². The molecule has 0 aromatic heterocycles. The summed E-state index contributed by atoms with van der Waals surface area (Å²) in [4.78, 5) is 14.3. The van der Waals surface area contributed by atoms with Crippen LogP contribution in [0.15, 0.2) is 0 Å². The minimum absolute atomic E-state index is 0.224. The van der Waals surface area contributed by atoms with Crippen LogP contribution < -0.4 is 11.1 Å². The van der Waals surface area contributed by atoms with Crippen molar-refractivity contribution >= 4 is 5.91 Å². The Morgan fingerprint density at radius 1 is 1.20 bits per heavy atom. The summed E-state index contributed by atoms with van der Waals surface area (Å²) in [6.07, 6.45) is 5.40. The standard InChI is InChI=1S/C16H33N3O/c1-12(2)15(11-19(3)4)18-16(20)9-13-5-7-14(10-17)8-6-13/h12-15H,5-11,17H2,1-4H3,(H,18,20). The fourth-order valence-corrected chi connectivity index (χ4v) is 3.02. The summed E-state index contributed by atoms with van der Waals surface area (Å²) in [5.41, 5.74) is 5.71. The molecule has 0 aromatic carbocycles. The van der Waals surface area contributed by atoms with Crippen molar-refractivity contribution in [2.75, 3.05) is 27.2 Å². The lowest BCUT2D eigenvalue weighted by atomic mass is 9.80. The van der Waals surface area contributed by atoms with Crippen LogP contribution in [0, 0.1) is 17.8 Å². The molecule has 4 nitrogen and oxygen atoms in total. The lowest BCUT2D eigenvalue weighted by molar-refractivity contribution is -0.123. The minimum Gasteiger partial charge on any atom is -0.352 e. The van der Waals surface area contributed by atoms with Crippen molar-refractivity contribution < 1.29 is 4.79 Å². The van der Waals surface area contributed by atoms with Crippen LogP contribution in [-0.2, 0) is 4.79 Å². The predicted molar refractivity (Wildman–Crippen MR) is 84.4 cm³/mol. The average molecular weight is 283 g/mol. The van der Waals surface area contributed by atoms with Gasteiger partial charge in [-0.05, 0) is 64.1 Å². The van der Waals surface area contributed by atoms with Crippen LogP contribution in [0.5, 0.6) is 0 Å². The van der Waals surface area contributed by atoms with Gasteiger partial charge in [0.2, 0.25) is 5.91 Å². The third-order valence-corrected chi connectivity index (χ3v) is 4.49. The van der Waals surface area contributed by atoms with E-state index in [9.17, 15) is 4.79 Å². The smallest absolute Gasteiger partial charge is 0.220 e. The molecule has 1 saturated carbocycles. The average Bonchev–Trinajstić information content (AvgIpc) is 2.38. The van der Waals surface area contributed by atoms with E-state index in [1.54, 1.807) is 0 Å². The third kappa shape index (κ3) is 6.23. The Labute approximate surface area is 124 Å². The van der Waals surface area contributed by atoms with Crippen molar-refractivity contribution in [2.45, 2.75) is 52.0 Å². The van der Waals surface area contributed by atoms with Crippen molar-refractivity contribution in [3.8, 4) is 0 Å². The van der Waals surface area contributed by atoms with Crippen LogP contribution in [0.2, 0.25) is 0 Å². The van der Waals surface area contributed by atoms with E-state index in [2.05, 4.69) is 38.2 Å². The van der Waals surface area contributed by atoms with E-state index in [1.807, 2.05) is 0 Å². The summed E-state index contributed by atoms with van der Waals surface area (Å²) in [6, 6.07) is 0.248. The van der Waals surface area contributed by atoms with Crippen LogP contribution in [0.1, 0.15) is 46.0 Å². The molecule has 0 saturated heterocycles. The van der Waals surface area contributed by atoms with Gasteiger partial charge in [0.25, 0.3) is 0 Å². The molecule has 1 unspecified atom stereocenters. The Morgan fingerprint density at radius 3 is 2.20 bits per heavy atom. The monoisotopic (exact) mass is 283 g/mol. The Hall–Kier alpha value is -0.610. The molecule has 0 spiro atoms. The zero-order chi connectivity index (χ0) is 15.1. The number of nitrogens with zero attached hydrogens (tertiary/aromatic N) is 1. The van der Waals surface area contributed by atoms with E-state index < -0.39 is 0 Å². The van der Waals surface area contributed by atoms with E-state index in [0.29, 0.717) is 24.2 Å². The number of nitrogens with two attached hydrogens (primary N) is 1.